The highest BCUT2D eigenvalue weighted by Crippen LogP contribution is 2.27. The minimum atomic E-state index is -3.86. The van der Waals surface area contributed by atoms with Crippen molar-refractivity contribution in [3.05, 3.63) is 97.9 Å². The number of rotatable bonds is 11. The van der Waals surface area contributed by atoms with Crippen molar-refractivity contribution >= 4 is 66.7 Å². The second-order valence-corrected chi connectivity index (χ2v) is 14.3. The standard InChI is InChI=1S/C31H34BrCl2N3O4S/c1-21-16-26(14-15-27(21)32)37(42(2,40)41)20-30(38)36(19-23-12-13-24(33)18-28(23)34)29(17-22-8-4-3-5-9-22)31(39)35-25-10-6-7-11-25/h3-5,8-9,12-16,18,25,29H,6-7,10-11,17,19-20H2,1-2H3,(H,35,39). The molecule has 0 heterocycles. The van der Waals surface area contributed by atoms with Crippen molar-refractivity contribution in [3.63, 3.8) is 0 Å². The van der Waals surface area contributed by atoms with Crippen molar-refractivity contribution in [2.45, 2.75) is 57.7 Å². The Balaban J connectivity index is 1.75. The molecule has 42 heavy (non-hydrogen) atoms. The summed E-state index contributed by atoms with van der Waals surface area (Å²) in [7, 11) is -3.86. The van der Waals surface area contributed by atoms with E-state index in [1.54, 1.807) is 36.4 Å². The van der Waals surface area contributed by atoms with Crippen LogP contribution in [-0.2, 0) is 32.6 Å². The molecule has 0 bridgehead atoms. The highest BCUT2D eigenvalue weighted by atomic mass is 79.9. The number of carbonyl (C=O) groups excluding carboxylic acids is 2. The molecule has 1 N–H and O–H groups in total. The summed E-state index contributed by atoms with van der Waals surface area (Å²) < 4.78 is 27.9. The Morgan fingerprint density at radius 1 is 1.02 bits per heavy atom. The number of aryl methyl sites for hydroxylation is 1. The van der Waals surface area contributed by atoms with Crippen molar-refractivity contribution in [2.24, 2.45) is 0 Å². The number of carbonyl (C=O) groups is 2. The van der Waals surface area contributed by atoms with Crippen molar-refractivity contribution in [1.29, 1.82) is 0 Å². The van der Waals surface area contributed by atoms with E-state index in [4.69, 9.17) is 23.2 Å². The smallest absolute Gasteiger partial charge is 0.244 e. The molecule has 11 heteroatoms. The molecule has 1 aliphatic carbocycles. The van der Waals surface area contributed by atoms with Gasteiger partial charge in [0.25, 0.3) is 0 Å². The van der Waals surface area contributed by atoms with Gasteiger partial charge in [-0.25, -0.2) is 8.42 Å². The van der Waals surface area contributed by atoms with E-state index < -0.39 is 28.5 Å². The summed E-state index contributed by atoms with van der Waals surface area (Å²) in [6, 6.07) is 18.6. The van der Waals surface area contributed by atoms with Gasteiger partial charge in [0.15, 0.2) is 0 Å². The molecule has 3 aromatic rings. The van der Waals surface area contributed by atoms with Crippen LogP contribution in [-0.4, -0.2) is 50.0 Å². The molecule has 0 radical (unpaired) electrons. The third-order valence-corrected chi connectivity index (χ3v) is 10.1. The van der Waals surface area contributed by atoms with E-state index in [1.165, 1.54) is 4.90 Å². The van der Waals surface area contributed by atoms with E-state index in [2.05, 4.69) is 21.2 Å². The first-order valence-electron chi connectivity index (χ1n) is 13.7. The van der Waals surface area contributed by atoms with E-state index >= 15 is 0 Å². The first-order chi connectivity index (χ1) is 19.9. The first kappa shape index (κ1) is 32.3. The molecular formula is C31H34BrCl2N3O4S. The van der Waals surface area contributed by atoms with E-state index in [-0.39, 0.29) is 24.9 Å². The second-order valence-electron chi connectivity index (χ2n) is 10.7. The average molecular weight is 696 g/mol. The topological polar surface area (TPSA) is 86.8 Å². The molecular weight excluding hydrogens is 661 g/mol. The van der Waals surface area contributed by atoms with Crippen molar-refractivity contribution < 1.29 is 18.0 Å². The summed E-state index contributed by atoms with van der Waals surface area (Å²) in [4.78, 5) is 29.6. The first-order valence-corrected chi connectivity index (χ1v) is 17.1. The number of nitrogens with zero attached hydrogens (tertiary/aromatic N) is 2. The molecule has 1 atom stereocenters. The third-order valence-electron chi connectivity index (χ3n) is 7.44. The van der Waals surface area contributed by atoms with Crippen molar-refractivity contribution in [2.75, 3.05) is 17.1 Å². The summed E-state index contributed by atoms with van der Waals surface area (Å²) >= 11 is 16.1. The lowest BCUT2D eigenvalue weighted by Gasteiger charge is -2.34. The fourth-order valence-electron chi connectivity index (χ4n) is 5.15. The largest absolute Gasteiger partial charge is 0.352 e. The van der Waals surface area contributed by atoms with Crippen LogP contribution in [0.15, 0.2) is 71.2 Å². The molecule has 2 amide bonds. The van der Waals surface area contributed by atoms with Gasteiger partial charge in [-0.1, -0.05) is 88.4 Å². The molecule has 0 spiro atoms. The number of anilines is 1. The molecule has 224 valence electrons. The van der Waals surface area contributed by atoms with Gasteiger partial charge < -0.3 is 10.2 Å². The quantitative estimate of drug-likeness (QED) is 0.247. The van der Waals surface area contributed by atoms with E-state index in [0.717, 1.165) is 51.8 Å². The van der Waals surface area contributed by atoms with Crippen LogP contribution in [0.4, 0.5) is 5.69 Å². The summed E-state index contributed by atoms with van der Waals surface area (Å²) in [5.74, 6) is -0.816. The van der Waals surface area contributed by atoms with Crippen LogP contribution in [0.3, 0.4) is 0 Å². The molecule has 0 saturated heterocycles. The zero-order valence-corrected chi connectivity index (χ0v) is 27.4. The van der Waals surface area contributed by atoms with E-state index in [0.29, 0.717) is 21.3 Å². The van der Waals surface area contributed by atoms with Gasteiger partial charge >= 0.3 is 0 Å². The normalized spacial score (nSPS) is 14.4. The minimum Gasteiger partial charge on any atom is -0.352 e. The molecule has 1 fully saturated rings. The van der Waals surface area contributed by atoms with Gasteiger partial charge in [0.05, 0.1) is 11.9 Å². The Morgan fingerprint density at radius 3 is 2.33 bits per heavy atom. The SMILES string of the molecule is Cc1cc(N(CC(=O)N(Cc2ccc(Cl)cc2Cl)C(Cc2ccccc2)C(=O)NC2CCCC2)S(C)(=O)=O)ccc1Br. The van der Waals surface area contributed by atoms with Gasteiger partial charge in [0, 0.05) is 33.5 Å². The molecule has 3 aromatic carbocycles. The van der Waals surface area contributed by atoms with Crippen LogP contribution in [0.1, 0.15) is 42.4 Å². The number of amides is 2. The molecule has 0 aliphatic heterocycles. The number of halogens is 3. The zero-order chi connectivity index (χ0) is 30.4. The van der Waals surface area contributed by atoms with Gasteiger partial charge in [0.1, 0.15) is 12.6 Å². The third kappa shape index (κ3) is 8.49. The average Bonchev–Trinajstić information content (AvgIpc) is 3.45. The lowest BCUT2D eigenvalue weighted by molar-refractivity contribution is -0.140. The second kappa shape index (κ2) is 14.3. The Labute approximate surface area is 266 Å². The van der Waals surface area contributed by atoms with Crippen LogP contribution in [0.2, 0.25) is 10.0 Å². The van der Waals surface area contributed by atoms with Gasteiger partial charge in [-0.2, -0.15) is 0 Å². The predicted molar refractivity (Wildman–Crippen MR) is 172 cm³/mol. The van der Waals surface area contributed by atoms with Crippen molar-refractivity contribution in [3.8, 4) is 0 Å². The maximum absolute atomic E-state index is 14.2. The van der Waals surface area contributed by atoms with Crippen molar-refractivity contribution in [1.82, 2.24) is 10.2 Å². The summed E-state index contributed by atoms with van der Waals surface area (Å²) in [6.07, 6.45) is 5.14. The van der Waals surface area contributed by atoms with Gasteiger partial charge in [-0.3, -0.25) is 13.9 Å². The monoisotopic (exact) mass is 693 g/mol. The zero-order valence-electron chi connectivity index (χ0n) is 23.5. The maximum Gasteiger partial charge on any atom is 0.244 e. The highest BCUT2D eigenvalue weighted by Gasteiger charge is 2.34. The van der Waals surface area contributed by atoms with Crippen LogP contribution in [0.5, 0.6) is 0 Å². The number of nitrogens with one attached hydrogen (secondary N) is 1. The highest BCUT2D eigenvalue weighted by molar-refractivity contribution is 9.10. The summed E-state index contributed by atoms with van der Waals surface area (Å²) in [5.41, 5.74) is 2.63. The van der Waals surface area contributed by atoms with Gasteiger partial charge in [0.2, 0.25) is 21.8 Å². The number of sulfonamides is 1. The van der Waals surface area contributed by atoms with E-state index in [1.807, 2.05) is 37.3 Å². The van der Waals surface area contributed by atoms with Gasteiger partial charge in [-0.05, 0) is 66.8 Å². The molecule has 4 rings (SSSR count). The lowest BCUT2D eigenvalue weighted by atomic mass is 10.0. The Hall–Kier alpha value is -2.59. The lowest BCUT2D eigenvalue weighted by Crippen LogP contribution is -2.54. The Bertz CT molecular complexity index is 1530. The van der Waals surface area contributed by atoms with E-state index in [9.17, 15) is 18.0 Å². The minimum absolute atomic E-state index is 0.0125. The molecule has 1 aliphatic rings. The fraction of sp³-hybridized carbons (Fsp3) is 0.355. The summed E-state index contributed by atoms with van der Waals surface area (Å²) in [5, 5.41) is 3.93. The molecule has 1 saturated carbocycles. The van der Waals surface area contributed by atoms with Crippen LogP contribution >= 0.6 is 39.1 Å². The van der Waals surface area contributed by atoms with Crippen LogP contribution in [0, 0.1) is 6.92 Å². The van der Waals surface area contributed by atoms with Gasteiger partial charge in [-0.15, -0.1) is 0 Å². The summed E-state index contributed by atoms with van der Waals surface area (Å²) in [6.45, 7) is 1.34. The molecule has 7 nitrogen and oxygen atoms in total. The number of hydrogen-bond donors (Lipinski definition) is 1. The number of benzene rings is 3. The molecule has 1 unspecified atom stereocenters. The Kier molecular flexibility index (Phi) is 11.0. The number of hydrogen-bond acceptors (Lipinski definition) is 4. The van der Waals surface area contributed by atoms with Crippen LogP contribution < -0.4 is 9.62 Å². The van der Waals surface area contributed by atoms with Crippen LogP contribution in [0.25, 0.3) is 0 Å². The maximum atomic E-state index is 14.2. The Morgan fingerprint density at radius 2 is 1.71 bits per heavy atom. The molecule has 0 aromatic heterocycles. The fourth-order valence-corrected chi connectivity index (χ4v) is 6.71. The predicted octanol–water partition coefficient (Wildman–Crippen LogP) is 6.53.